The van der Waals surface area contributed by atoms with Gasteiger partial charge in [-0.3, -0.25) is 9.59 Å². The Labute approximate surface area is 113 Å². The fourth-order valence-electron chi connectivity index (χ4n) is 1.47. The second kappa shape index (κ2) is 6.39. The lowest BCUT2D eigenvalue weighted by Crippen LogP contribution is -2.18. The van der Waals surface area contributed by atoms with Crippen LogP contribution in [-0.2, 0) is 4.79 Å². The average molecular weight is 315 g/mol. The molecule has 0 saturated carbocycles. The molecule has 1 unspecified atom stereocenters. The molecule has 0 saturated heterocycles. The number of hydrogen-bond donors (Lipinski definition) is 3. The van der Waals surface area contributed by atoms with E-state index >= 15 is 0 Å². The van der Waals surface area contributed by atoms with Gasteiger partial charge in [0, 0.05) is 16.7 Å². The minimum atomic E-state index is -0.832. The van der Waals surface area contributed by atoms with Crippen LogP contribution in [0.25, 0.3) is 0 Å². The van der Waals surface area contributed by atoms with E-state index in [0.717, 1.165) is 0 Å². The molecule has 18 heavy (non-hydrogen) atoms. The highest BCUT2D eigenvalue weighted by molar-refractivity contribution is 9.10. The number of nitrogens with two attached hydrogens (primary N) is 1. The molecule has 0 aliphatic heterocycles. The lowest BCUT2D eigenvalue weighted by Gasteiger charge is -2.12. The summed E-state index contributed by atoms with van der Waals surface area (Å²) in [6.45, 7) is 2.10. The minimum Gasteiger partial charge on any atom is -0.481 e. The van der Waals surface area contributed by atoms with Gasteiger partial charge < -0.3 is 16.2 Å². The number of carboxylic acid groups (broad SMARTS) is 1. The smallest absolute Gasteiger partial charge is 0.306 e. The summed E-state index contributed by atoms with van der Waals surface area (Å²) in [7, 11) is 0. The number of carboxylic acids is 1. The first-order chi connectivity index (χ1) is 8.43. The van der Waals surface area contributed by atoms with E-state index in [1.807, 2.05) is 0 Å². The van der Waals surface area contributed by atoms with E-state index in [0.29, 0.717) is 28.7 Å². The number of aliphatic carboxylic acids is 1. The first-order valence-electron chi connectivity index (χ1n) is 5.48. The number of primary amides is 1. The number of benzene rings is 1. The van der Waals surface area contributed by atoms with E-state index in [-0.39, 0.29) is 0 Å². The maximum absolute atomic E-state index is 11.3. The summed E-state index contributed by atoms with van der Waals surface area (Å²) in [6.07, 6.45) is 0.472. The summed E-state index contributed by atoms with van der Waals surface area (Å²) < 4.78 is 0.617. The molecule has 0 aliphatic rings. The number of rotatable bonds is 6. The molecule has 1 aromatic rings. The lowest BCUT2D eigenvalue weighted by atomic mass is 10.1. The zero-order valence-corrected chi connectivity index (χ0v) is 11.5. The second-order valence-corrected chi connectivity index (χ2v) is 4.84. The van der Waals surface area contributed by atoms with Crippen molar-refractivity contribution in [3.63, 3.8) is 0 Å². The van der Waals surface area contributed by atoms with Gasteiger partial charge in [0.05, 0.1) is 11.5 Å². The Morgan fingerprint density at radius 1 is 1.50 bits per heavy atom. The first-order valence-corrected chi connectivity index (χ1v) is 6.27. The Morgan fingerprint density at radius 3 is 2.72 bits per heavy atom. The van der Waals surface area contributed by atoms with Gasteiger partial charge in [0.2, 0.25) is 0 Å². The van der Waals surface area contributed by atoms with E-state index in [4.69, 9.17) is 10.8 Å². The molecule has 4 N–H and O–H groups in total. The summed E-state index contributed by atoms with van der Waals surface area (Å²) in [5.41, 5.74) is 6.27. The molecule has 0 radical (unpaired) electrons. The third-order valence-electron chi connectivity index (χ3n) is 2.57. The van der Waals surface area contributed by atoms with Crippen molar-refractivity contribution in [1.82, 2.24) is 0 Å². The molecule has 1 rings (SSSR count). The summed E-state index contributed by atoms with van der Waals surface area (Å²) in [4.78, 5) is 22.0. The van der Waals surface area contributed by atoms with Crippen LogP contribution in [0.5, 0.6) is 0 Å². The van der Waals surface area contributed by atoms with Crippen LogP contribution in [0.2, 0.25) is 0 Å². The number of halogens is 1. The highest BCUT2D eigenvalue weighted by Crippen LogP contribution is 2.24. The van der Waals surface area contributed by atoms with Crippen LogP contribution in [0.15, 0.2) is 22.7 Å². The number of carbonyl (C=O) groups excluding carboxylic acids is 1. The van der Waals surface area contributed by atoms with E-state index in [9.17, 15) is 9.59 Å². The van der Waals surface area contributed by atoms with Crippen LogP contribution >= 0.6 is 15.9 Å². The summed E-state index contributed by atoms with van der Waals surface area (Å²) in [5, 5.41) is 11.8. The normalized spacial score (nSPS) is 11.9. The zero-order chi connectivity index (χ0) is 13.7. The standard InChI is InChI=1S/C12H15BrN2O3/c1-7(12(17)18)5-6-15-9-4-2-3-8(13)10(9)11(14)16/h2-4,7,15H,5-6H2,1H3,(H2,14,16)(H,17,18). The van der Waals surface area contributed by atoms with Gasteiger partial charge in [-0.15, -0.1) is 0 Å². The lowest BCUT2D eigenvalue weighted by molar-refractivity contribution is -0.141. The SMILES string of the molecule is CC(CCNc1cccc(Br)c1C(N)=O)C(=O)O. The van der Waals surface area contributed by atoms with Crippen LogP contribution in [0.1, 0.15) is 23.7 Å². The number of hydrogen-bond acceptors (Lipinski definition) is 3. The molecular formula is C12H15BrN2O3. The molecule has 0 fully saturated rings. The van der Waals surface area contributed by atoms with Crippen molar-refractivity contribution < 1.29 is 14.7 Å². The van der Waals surface area contributed by atoms with E-state index < -0.39 is 17.8 Å². The molecular weight excluding hydrogens is 300 g/mol. The van der Waals surface area contributed by atoms with Crippen LogP contribution in [0.3, 0.4) is 0 Å². The van der Waals surface area contributed by atoms with Gasteiger partial charge in [0.25, 0.3) is 5.91 Å². The van der Waals surface area contributed by atoms with Gasteiger partial charge in [-0.2, -0.15) is 0 Å². The Morgan fingerprint density at radius 2 is 2.17 bits per heavy atom. The minimum absolute atomic E-state index is 0.375. The zero-order valence-electron chi connectivity index (χ0n) is 9.94. The fraction of sp³-hybridized carbons (Fsp3) is 0.333. The Balaban J connectivity index is 2.71. The van der Waals surface area contributed by atoms with Gasteiger partial charge in [-0.25, -0.2) is 0 Å². The van der Waals surface area contributed by atoms with Crippen molar-refractivity contribution in [3.8, 4) is 0 Å². The van der Waals surface area contributed by atoms with Crippen LogP contribution in [0.4, 0.5) is 5.69 Å². The van der Waals surface area contributed by atoms with Crippen molar-refractivity contribution in [2.45, 2.75) is 13.3 Å². The van der Waals surface area contributed by atoms with Crippen LogP contribution < -0.4 is 11.1 Å². The molecule has 6 heteroatoms. The first kappa shape index (κ1) is 14.5. The maximum Gasteiger partial charge on any atom is 0.306 e. The molecule has 0 aliphatic carbocycles. The predicted octanol–water partition coefficient (Wildman–Crippen LogP) is 2.07. The summed E-state index contributed by atoms with van der Waals surface area (Å²) in [5.74, 6) is -1.79. The van der Waals surface area contributed by atoms with E-state index in [2.05, 4.69) is 21.2 Å². The average Bonchev–Trinajstić information content (AvgIpc) is 2.28. The van der Waals surface area contributed by atoms with Crippen LogP contribution in [-0.4, -0.2) is 23.5 Å². The number of carbonyl (C=O) groups is 2. The number of amides is 1. The third kappa shape index (κ3) is 3.73. The molecule has 1 aromatic carbocycles. The van der Waals surface area contributed by atoms with Crippen molar-refractivity contribution in [3.05, 3.63) is 28.2 Å². The predicted molar refractivity (Wildman–Crippen MR) is 72.6 cm³/mol. The second-order valence-electron chi connectivity index (χ2n) is 3.98. The maximum atomic E-state index is 11.3. The Hall–Kier alpha value is -1.56. The topological polar surface area (TPSA) is 92.4 Å². The molecule has 0 spiro atoms. The summed E-state index contributed by atoms with van der Waals surface area (Å²) in [6, 6.07) is 5.24. The molecule has 0 aromatic heterocycles. The fourth-order valence-corrected chi connectivity index (χ4v) is 2.03. The molecule has 98 valence electrons. The number of anilines is 1. The monoisotopic (exact) mass is 314 g/mol. The van der Waals surface area contributed by atoms with Gasteiger partial charge in [0.1, 0.15) is 0 Å². The van der Waals surface area contributed by atoms with Gasteiger partial charge >= 0.3 is 5.97 Å². The van der Waals surface area contributed by atoms with Crippen molar-refractivity contribution in [2.75, 3.05) is 11.9 Å². The van der Waals surface area contributed by atoms with Crippen molar-refractivity contribution >= 4 is 33.5 Å². The van der Waals surface area contributed by atoms with Crippen molar-refractivity contribution in [2.24, 2.45) is 11.7 Å². The largest absolute Gasteiger partial charge is 0.481 e. The highest BCUT2D eigenvalue weighted by Gasteiger charge is 2.13. The number of nitrogens with one attached hydrogen (secondary N) is 1. The Kier molecular flexibility index (Phi) is 5.15. The third-order valence-corrected chi connectivity index (χ3v) is 3.24. The van der Waals surface area contributed by atoms with E-state index in [1.54, 1.807) is 25.1 Å². The molecule has 0 heterocycles. The quantitative estimate of drug-likeness (QED) is 0.749. The van der Waals surface area contributed by atoms with Crippen molar-refractivity contribution in [1.29, 1.82) is 0 Å². The Bertz CT molecular complexity index is 463. The molecule has 1 atom stereocenters. The molecule has 0 bridgehead atoms. The molecule has 5 nitrogen and oxygen atoms in total. The van der Waals surface area contributed by atoms with E-state index in [1.165, 1.54) is 0 Å². The van der Waals surface area contributed by atoms with Gasteiger partial charge in [0.15, 0.2) is 0 Å². The van der Waals surface area contributed by atoms with Gasteiger partial charge in [-0.1, -0.05) is 13.0 Å². The molecule has 1 amide bonds. The van der Waals surface area contributed by atoms with Gasteiger partial charge in [-0.05, 0) is 34.5 Å². The summed E-state index contributed by atoms with van der Waals surface area (Å²) >= 11 is 3.26. The highest BCUT2D eigenvalue weighted by atomic mass is 79.9. The van der Waals surface area contributed by atoms with Crippen LogP contribution in [0, 0.1) is 5.92 Å².